The summed E-state index contributed by atoms with van der Waals surface area (Å²) in [5.74, 6) is -0.877. The molecule has 3 heterocycles. The maximum absolute atomic E-state index is 13.5. The summed E-state index contributed by atoms with van der Waals surface area (Å²) in [6, 6.07) is 15.7. The summed E-state index contributed by atoms with van der Waals surface area (Å²) in [4.78, 5) is 44.6. The van der Waals surface area contributed by atoms with E-state index in [1.807, 2.05) is 0 Å². The topological polar surface area (TPSA) is 86.0 Å². The van der Waals surface area contributed by atoms with Crippen molar-refractivity contribution in [3.8, 4) is 0 Å². The highest BCUT2D eigenvalue weighted by atomic mass is 35.5. The minimum atomic E-state index is -0.647. The Morgan fingerprint density at radius 2 is 1.85 bits per heavy atom. The molecule has 0 aliphatic carbocycles. The molecule has 5 aromatic rings. The summed E-state index contributed by atoms with van der Waals surface area (Å²) in [7, 11) is 0. The van der Waals surface area contributed by atoms with E-state index >= 15 is 0 Å². The smallest absolute Gasteiger partial charge is 0.324 e. The highest BCUT2D eigenvalue weighted by molar-refractivity contribution is 7.25. The Hall–Kier alpha value is -3.82. The van der Waals surface area contributed by atoms with Crippen LogP contribution in [0.25, 0.3) is 20.4 Å². The van der Waals surface area contributed by atoms with E-state index in [0.29, 0.717) is 36.7 Å². The molecular weight excluding hydrogens is 479 g/mol. The van der Waals surface area contributed by atoms with Crippen LogP contribution in [0.5, 0.6) is 0 Å². The lowest BCUT2D eigenvalue weighted by Gasteiger charge is -2.13. The molecule has 0 fully saturated rings. The number of pyridine rings is 1. The molecule has 0 radical (unpaired) electrons. The standard InChI is InChI=1S/C24H16ClFN4O3S/c25-15-3-1-4-17(11-15)28-19(31)13-29-20-18-5-2-10-27-22(18)34-21(20)23(32)30(24(29)33)12-14-6-8-16(26)9-7-14/h1-11H,12-13H2,(H,28,31). The molecular formula is C24H16ClFN4O3S. The minimum Gasteiger partial charge on any atom is -0.324 e. The highest BCUT2D eigenvalue weighted by Gasteiger charge is 2.20. The number of hydrogen-bond acceptors (Lipinski definition) is 5. The average molecular weight is 495 g/mol. The second kappa shape index (κ2) is 8.85. The lowest BCUT2D eigenvalue weighted by Crippen LogP contribution is -2.41. The predicted octanol–water partition coefficient (Wildman–Crippen LogP) is 4.25. The Morgan fingerprint density at radius 1 is 1.06 bits per heavy atom. The molecule has 2 aromatic carbocycles. The van der Waals surface area contributed by atoms with Crippen LogP contribution < -0.4 is 16.6 Å². The lowest BCUT2D eigenvalue weighted by atomic mass is 10.2. The van der Waals surface area contributed by atoms with E-state index in [4.69, 9.17) is 11.6 Å². The maximum Gasteiger partial charge on any atom is 0.332 e. The quantitative estimate of drug-likeness (QED) is 0.396. The van der Waals surface area contributed by atoms with Crippen LogP contribution in [0.2, 0.25) is 5.02 Å². The van der Waals surface area contributed by atoms with Crippen molar-refractivity contribution in [2.24, 2.45) is 0 Å². The Balaban J connectivity index is 1.65. The van der Waals surface area contributed by atoms with Gasteiger partial charge in [0.1, 0.15) is 21.9 Å². The van der Waals surface area contributed by atoms with Crippen molar-refractivity contribution < 1.29 is 9.18 Å². The summed E-state index contributed by atoms with van der Waals surface area (Å²) >= 11 is 7.15. The molecule has 0 aliphatic rings. The van der Waals surface area contributed by atoms with Crippen molar-refractivity contribution in [3.63, 3.8) is 0 Å². The van der Waals surface area contributed by atoms with Gasteiger partial charge in [0.15, 0.2) is 0 Å². The fraction of sp³-hybridized carbons (Fsp3) is 0.0833. The van der Waals surface area contributed by atoms with E-state index in [9.17, 15) is 18.8 Å². The van der Waals surface area contributed by atoms with Crippen LogP contribution in [-0.4, -0.2) is 20.0 Å². The van der Waals surface area contributed by atoms with Crippen LogP contribution in [0, 0.1) is 5.82 Å². The van der Waals surface area contributed by atoms with Crippen LogP contribution >= 0.6 is 22.9 Å². The number of halogens is 2. The van der Waals surface area contributed by atoms with Gasteiger partial charge in [0.2, 0.25) is 5.91 Å². The molecule has 0 bridgehead atoms. The third-order valence-corrected chi connectivity index (χ3v) is 6.60. The number of carbonyl (C=O) groups excluding carboxylic acids is 1. The van der Waals surface area contributed by atoms with Crippen molar-refractivity contribution in [1.82, 2.24) is 14.1 Å². The molecule has 0 atom stereocenters. The number of nitrogens with one attached hydrogen (secondary N) is 1. The maximum atomic E-state index is 13.5. The highest BCUT2D eigenvalue weighted by Crippen LogP contribution is 2.29. The summed E-state index contributed by atoms with van der Waals surface area (Å²) < 4.78 is 16.0. The molecule has 170 valence electrons. The molecule has 0 aliphatic heterocycles. The first-order valence-electron chi connectivity index (χ1n) is 10.2. The van der Waals surface area contributed by atoms with E-state index in [2.05, 4.69) is 10.3 Å². The zero-order valence-corrected chi connectivity index (χ0v) is 19.1. The summed E-state index contributed by atoms with van der Waals surface area (Å²) in [5, 5.41) is 3.80. The molecule has 3 aromatic heterocycles. The van der Waals surface area contributed by atoms with Crippen molar-refractivity contribution in [2.45, 2.75) is 13.1 Å². The number of anilines is 1. The molecule has 5 rings (SSSR count). The average Bonchev–Trinajstić information content (AvgIpc) is 3.20. The van der Waals surface area contributed by atoms with Crippen molar-refractivity contribution in [3.05, 3.63) is 104 Å². The summed E-state index contributed by atoms with van der Waals surface area (Å²) in [6.07, 6.45) is 1.60. The molecule has 0 saturated heterocycles. The number of amides is 1. The number of carbonyl (C=O) groups is 1. The lowest BCUT2D eigenvalue weighted by molar-refractivity contribution is -0.116. The van der Waals surface area contributed by atoms with Crippen LogP contribution in [0.15, 0.2) is 76.4 Å². The van der Waals surface area contributed by atoms with Crippen LogP contribution in [0.3, 0.4) is 0 Å². The van der Waals surface area contributed by atoms with E-state index in [0.717, 1.165) is 15.9 Å². The van der Waals surface area contributed by atoms with Gasteiger partial charge in [-0.1, -0.05) is 29.8 Å². The minimum absolute atomic E-state index is 0.0640. The second-order valence-corrected chi connectivity index (χ2v) is 9.02. The van der Waals surface area contributed by atoms with Gasteiger partial charge in [0.05, 0.1) is 12.1 Å². The molecule has 10 heteroatoms. The van der Waals surface area contributed by atoms with Crippen LogP contribution in [0.1, 0.15) is 5.56 Å². The first-order chi connectivity index (χ1) is 16.4. The van der Waals surface area contributed by atoms with Gasteiger partial charge in [0.25, 0.3) is 5.56 Å². The first kappa shape index (κ1) is 22.0. The van der Waals surface area contributed by atoms with Crippen molar-refractivity contribution >= 4 is 55.0 Å². The Bertz CT molecular complexity index is 1670. The first-order valence-corrected chi connectivity index (χ1v) is 11.4. The summed E-state index contributed by atoms with van der Waals surface area (Å²) in [5.41, 5.74) is 0.289. The Morgan fingerprint density at radius 3 is 2.62 bits per heavy atom. The van der Waals surface area contributed by atoms with Gasteiger partial charge in [-0.05, 0) is 48.0 Å². The van der Waals surface area contributed by atoms with E-state index < -0.39 is 23.0 Å². The Labute approximate surface area is 200 Å². The fourth-order valence-electron chi connectivity index (χ4n) is 3.75. The van der Waals surface area contributed by atoms with Gasteiger partial charge in [0, 0.05) is 22.3 Å². The molecule has 0 saturated carbocycles. The Kier molecular flexibility index (Phi) is 5.72. The van der Waals surface area contributed by atoms with Crippen molar-refractivity contribution in [1.29, 1.82) is 0 Å². The molecule has 7 nitrogen and oxygen atoms in total. The number of thiophene rings is 1. The molecule has 0 unspecified atom stereocenters. The van der Waals surface area contributed by atoms with Gasteiger partial charge in [-0.25, -0.2) is 14.2 Å². The zero-order valence-electron chi connectivity index (χ0n) is 17.5. The van der Waals surface area contributed by atoms with Gasteiger partial charge in [-0.15, -0.1) is 11.3 Å². The fourth-order valence-corrected chi connectivity index (χ4v) is 5.04. The van der Waals surface area contributed by atoms with Crippen molar-refractivity contribution in [2.75, 3.05) is 5.32 Å². The van der Waals surface area contributed by atoms with Gasteiger partial charge in [-0.2, -0.15) is 0 Å². The molecule has 34 heavy (non-hydrogen) atoms. The van der Waals surface area contributed by atoms with E-state index in [-0.39, 0.29) is 13.1 Å². The van der Waals surface area contributed by atoms with Gasteiger partial charge in [-0.3, -0.25) is 18.7 Å². The van der Waals surface area contributed by atoms with Gasteiger partial charge < -0.3 is 5.32 Å². The number of nitrogens with zero attached hydrogens (tertiary/aromatic N) is 3. The third-order valence-electron chi connectivity index (χ3n) is 5.28. The van der Waals surface area contributed by atoms with E-state index in [1.54, 1.807) is 42.6 Å². The number of fused-ring (bicyclic) bond motifs is 3. The monoisotopic (exact) mass is 494 g/mol. The van der Waals surface area contributed by atoms with Crippen LogP contribution in [-0.2, 0) is 17.9 Å². The second-order valence-electron chi connectivity index (χ2n) is 7.58. The molecule has 1 amide bonds. The van der Waals surface area contributed by atoms with Crippen LogP contribution in [0.4, 0.5) is 10.1 Å². The predicted molar refractivity (Wildman–Crippen MR) is 131 cm³/mol. The molecule has 0 spiro atoms. The third kappa shape index (κ3) is 4.11. The normalized spacial score (nSPS) is 11.2. The zero-order chi connectivity index (χ0) is 23.8. The number of rotatable bonds is 5. The summed E-state index contributed by atoms with van der Waals surface area (Å²) in [6.45, 7) is -0.391. The largest absolute Gasteiger partial charge is 0.332 e. The number of benzene rings is 2. The SMILES string of the molecule is O=C(Cn1c(=O)n(Cc2ccc(F)cc2)c(=O)c2sc3ncccc3c21)Nc1cccc(Cl)c1. The van der Waals surface area contributed by atoms with E-state index in [1.165, 1.54) is 28.8 Å². The van der Waals surface area contributed by atoms with Gasteiger partial charge >= 0.3 is 5.69 Å². The number of hydrogen-bond donors (Lipinski definition) is 1. The number of aromatic nitrogens is 3. The molecule has 1 N–H and O–H groups in total.